The Morgan fingerprint density at radius 1 is 0.157 bits per heavy atom. The highest BCUT2D eigenvalue weighted by atomic mass is 14.3. The first-order valence-corrected chi connectivity index (χ1v) is 40.7. The molecule has 0 saturated heterocycles. The fourth-order valence-electron chi connectivity index (χ4n) is 14.5. The average Bonchev–Trinajstić information content (AvgIpc) is 3.64. The van der Waals surface area contributed by atoms with Crippen LogP contribution >= 0.6 is 0 Å². The van der Waals surface area contributed by atoms with E-state index >= 15 is 0 Å². The van der Waals surface area contributed by atoms with Crippen molar-refractivity contribution in [3.63, 3.8) is 0 Å². The molecule has 0 spiro atoms. The van der Waals surface area contributed by atoms with Crippen molar-refractivity contribution in [3.8, 4) is 0 Å². The molecule has 0 nitrogen and oxygen atoms in total. The normalized spacial score (nSPS) is 20.9. The van der Waals surface area contributed by atoms with E-state index in [1.165, 1.54) is 283 Å². The van der Waals surface area contributed by atoms with Gasteiger partial charge in [0.15, 0.2) is 0 Å². The van der Waals surface area contributed by atoms with Crippen LogP contribution in [0, 0.1) is 102 Å². The van der Waals surface area contributed by atoms with Gasteiger partial charge in [0.05, 0.1) is 0 Å². The molecule has 9 aliphatic rings. The summed E-state index contributed by atoms with van der Waals surface area (Å²) in [6, 6.07) is 0. The van der Waals surface area contributed by atoms with Gasteiger partial charge in [0.2, 0.25) is 0 Å². The Hall–Kier alpha value is 0. The zero-order chi connectivity index (χ0) is 67.8. The molecule has 9 aliphatic carbocycles. The summed E-state index contributed by atoms with van der Waals surface area (Å²) in [5.41, 5.74) is 5.10. The van der Waals surface area contributed by atoms with Gasteiger partial charge in [-0.15, -0.1) is 0 Å². The van der Waals surface area contributed by atoms with Crippen molar-refractivity contribution in [2.75, 3.05) is 0 Å². The third-order valence-corrected chi connectivity index (χ3v) is 21.0. The van der Waals surface area contributed by atoms with Gasteiger partial charge in [-0.2, -0.15) is 0 Å². The van der Waals surface area contributed by atoms with E-state index in [4.69, 9.17) is 0 Å². The first kappa shape index (κ1) is 87.0. The van der Waals surface area contributed by atoms with Crippen molar-refractivity contribution in [2.24, 2.45) is 102 Å². The van der Waals surface area contributed by atoms with Crippen molar-refractivity contribution in [1.29, 1.82) is 0 Å². The lowest BCUT2D eigenvalue weighted by atomic mass is 9.74. The molecule has 9 saturated carbocycles. The van der Waals surface area contributed by atoms with Crippen LogP contribution < -0.4 is 0 Å². The number of hydrogen-bond acceptors (Lipinski definition) is 0. The second-order valence-corrected chi connectivity index (χ2v) is 43.8. The van der Waals surface area contributed by atoms with E-state index in [-0.39, 0.29) is 0 Å². The molecule has 0 unspecified atom stereocenters. The molecule has 0 atom stereocenters. The minimum absolute atomic E-state index is 0.558. The largest absolute Gasteiger partial charge is 0.0602 e. The summed E-state index contributed by atoms with van der Waals surface area (Å²) < 4.78 is 0. The van der Waals surface area contributed by atoms with Crippen LogP contribution in [0.25, 0.3) is 0 Å². The Morgan fingerprint density at radius 3 is 0.506 bits per heavy atom. The second kappa shape index (κ2) is 42.6. The summed E-state index contributed by atoms with van der Waals surface area (Å²) in [6.45, 7) is 63.2. The quantitative estimate of drug-likeness (QED) is 0.144. The Kier molecular flexibility index (Phi) is 41.7. The predicted molar refractivity (Wildman–Crippen MR) is 410 cm³/mol. The van der Waals surface area contributed by atoms with Gasteiger partial charge in [0.25, 0.3) is 0 Å². The molecule has 9 rings (SSSR count). The van der Waals surface area contributed by atoms with Crippen LogP contribution in [-0.4, -0.2) is 0 Å². The van der Waals surface area contributed by atoms with Gasteiger partial charge in [-0.05, 0) is 179 Å². The van der Waals surface area contributed by atoms with E-state index in [0.717, 1.165) is 53.3 Å². The lowest BCUT2D eigenvalue weighted by molar-refractivity contribution is 0.207. The molecule has 0 radical (unpaired) electrons. The first-order valence-electron chi connectivity index (χ1n) is 40.7. The standard InChI is InChI=1S/3C11H22.3C10H20.2C9H18.C8H16/c1-11(2,3)9-5-8-10-6-4-7-10;1-11(2,3)9-8-10-6-4-5-7-10;1-11(2,3)9-10-7-5-4-6-8-10;1-10(2,3)8-4-5-9-6-7-9;1-10(2,3)8-7-9-5-4-6-9;1-10(2,3)8-9-6-4-5-7-9;1-9(2,3)7-6-8-4-5-8;1-9(2,3)7-8-5-4-6-8;1-8(2,3)6-7-4-5-7/h3*10H,4-9H2,1-3H3;3*9H,4-8H2,1-3H3;2*8H,4-7H2,1-3H3;7H,4-6H2,1-3H3. The molecule has 0 N–H and O–H groups in total. The highest BCUT2D eigenvalue weighted by Crippen LogP contribution is 2.42. The molecule has 0 aliphatic heterocycles. The summed E-state index contributed by atoms with van der Waals surface area (Å²) >= 11 is 0. The summed E-state index contributed by atoms with van der Waals surface area (Å²) in [7, 11) is 0. The van der Waals surface area contributed by atoms with Crippen LogP contribution in [0.3, 0.4) is 0 Å². The fourth-order valence-corrected chi connectivity index (χ4v) is 14.5. The maximum absolute atomic E-state index is 2.36. The number of rotatable bonds is 16. The van der Waals surface area contributed by atoms with Gasteiger partial charge in [-0.1, -0.05) is 392 Å². The third kappa shape index (κ3) is 63.8. The Balaban J connectivity index is 0.000000501. The van der Waals surface area contributed by atoms with E-state index in [0.29, 0.717) is 48.7 Å². The zero-order valence-corrected chi connectivity index (χ0v) is 67.8. The van der Waals surface area contributed by atoms with Crippen LogP contribution in [0.4, 0.5) is 0 Å². The highest BCUT2D eigenvalue weighted by Gasteiger charge is 2.29. The third-order valence-electron chi connectivity index (χ3n) is 21.0. The van der Waals surface area contributed by atoms with Gasteiger partial charge in [-0.25, -0.2) is 0 Å². The molecule has 0 aromatic rings. The predicted octanol–water partition coefficient (Wildman–Crippen LogP) is 32.1. The second-order valence-electron chi connectivity index (χ2n) is 43.8. The van der Waals surface area contributed by atoms with Crippen LogP contribution in [0.15, 0.2) is 0 Å². The summed E-state index contributed by atoms with van der Waals surface area (Å²) in [5, 5.41) is 0. The zero-order valence-electron chi connectivity index (χ0n) is 67.8. The molecule has 9 fully saturated rings. The molecular weight excluding hydrogens is 1070 g/mol. The average molecular weight is 1250 g/mol. The maximum atomic E-state index is 2.36. The fraction of sp³-hybridized carbons (Fsp3) is 1.00. The van der Waals surface area contributed by atoms with Crippen LogP contribution in [0.1, 0.15) is 469 Å². The molecule has 0 amide bonds. The van der Waals surface area contributed by atoms with Gasteiger partial charge in [0, 0.05) is 0 Å². The van der Waals surface area contributed by atoms with E-state index in [2.05, 4.69) is 187 Å². The Morgan fingerprint density at radius 2 is 0.326 bits per heavy atom. The lowest BCUT2D eigenvalue weighted by Gasteiger charge is -2.31. The highest BCUT2D eigenvalue weighted by molar-refractivity contribution is 4.81. The topological polar surface area (TPSA) is 0 Å². The van der Waals surface area contributed by atoms with Crippen LogP contribution in [-0.2, 0) is 0 Å². The van der Waals surface area contributed by atoms with E-state index in [1.807, 2.05) is 0 Å². The molecule has 534 valence electrons. The molecule has 89 heavy (non-hydrogen) atoms. The molecular formula is C89H178. The molecule has 0 bridgehead atoms. The summed E-state index contributed by atoms with van der Waals surface area (Å²) in [4.78, 5) is 0. The SMILES string of the molecule is CC(C)(C)CC1CC1.CC(C)(C)CC1CCC1.CC(C)(C)CC1CCCC1.CC(C)(C)CC1CCCCC1.CC(C)(C)CCC1CC1.CC(C)(C)CCC1CCC1.CC(C)(C)CCC1CCCC1.CC(C)(C)CCCC1CC1.CC(C)(C)CCCC1CCC1. The van der Waals surface area contributed by atoms with Gasteiger partial charge in [0.1, 0.15) is 0 Å². The summed E-state index contributed by atoms with van der Waals surface area (Å²) in [5.74, 6) is 9.79. The first-order chi connectivity index (χ1) is 40.7. The van der Waals surface area contributed by atoms with Gasteiger partial charge in [-0.3, -0.25) is 0 Å². The van der Waals surface area contributed by atoms with Crippen molar-refractivity contribution < 1.29 is 0 Å². The summed E-state index contributed by atoms with van der Waals surface area (Å²) in [6.07, 6.45) is 65.1. The minimum Gasteiger partial charge on any atom is -0.0602 e. The molecule has 0 heteroatoms. The maximum Gasteiger partial charge on any atom is -0.0380 e. The van der Waals surface area contributed by atoms with Crippen molar-refractivity contribution >= 4 is 0 Å². The van der Waals surface area contributed by atoms with E-state index in [1.54, 1.807) is 0 Å². The Labute approximate surface area is 568 Å². The molecule has 0 heterocycles. The van der Waals surface area contributed by atoms with E-state index in [9.17, 15) is 0 Å². The minimum atomic E-state index is 0.558. The molecule has 0 aromatic heterocycles. The Bertz CT molecular complexity index is 1610. The van der Waals surface area contributed by atoms with Crippen molar-refractivity contribution in [1.82, 2.24) is 0 Å². The van der Waals surface area contributed by atoms with Crippen LogP contribution in [0.5, 0.6) is 0 Å². The smallest absolute Gasteiger partial charge is 0.0380 e. The van der Waals surface area contributed by atoms with Crippen LogP contribution in [0.2, 0.25) is 0 Å². The van der Waals surface area contributed by atoms with Crippen molar-refractivity contribution in [2.45, 2.75) is 469 Å². The van der Waals surface area contributed by atoms with Gasteiger partial charge < -0.3 is 0 Å². The van der Waals surface area contributed by atoms with Crippen molar-refractivity contribution in [3.05, 3.63) is 0 Å². The number of hydrogen-bond donors (Lipinski definition) is 0. The van der Waals surface area contributed by atoms with E-state index < -0.39 is 0 Å². The monoisotopic (exact) mass is 1250 g/mol. The van der Waals surface area contributed by atoms with Gasteiger partial charge >= 0.3 is 0 Å². The lowest BCUT2D eigenvalue weighted by Crippen LogP contribution is -2.18. The molecule has 0 aromatic carbocycles.